The third-order valence-corrected chi connectivity index (χ3v) is 5.35. The van der Waals surface area contributed by atoms with Crippen molar-refractivity contribution in [2.24, 2.45) is 5.41 Å². The van der Waals surface area contributed by atoms with E-state index in [9.17, 15) is 9.90 Å². The van der Waals surface area contributed by atoms with Gasteiger partial charge in [0.05, 0.1) is 11.4 Å². The third-order valence-electron chi connectivity index (χ3n) is 4.23. The maximum Gasteiger partial charge on any atom is 0.235 e. The molecule has 0 aromatic rings. The molecule has 98 valence electrons. The number of amides is 1. The molecule has 3 unspecified atom stereocenters. The summed E-state index contributed by atoms with van der Waals surface area (Å²) in [6.45, 7) is 7.28. The van der Waals surface area contributed by atoms with E-state index in [1.165, 1.54) is 0 Å². The summed E-state index contributed by atoms with van der Waals surface area (Å²) in [7, 11) is 0. The van der Waals surface area contributed by atoms with Gasteiger partial charge in [0.1, 0.15) is 0 Å². The molecule has 1 aliphatic carbocycles. The van der Waals surface area contributed by atoms with Gasteiger partial charge in [-0.2, -0.15) is 0 Å². The first-order valence-corrected chi connectivity index (χ1v) is 7.57. The molecule has 3 nitrogen and oxygen atoms in total. The van der Waals surface area contributed by atoms with Crippen molar-refractivity contribution in [2.75, 3.05) is 12.3 Å². The van der Waals surface area contributed by atoms with Gasteiger partial charge in [0.15, 0.2) is 0 Å². The fourth-order valence-corrected chi connectivity index (χ4v) is 3.93. The fraction of sp³-hybridized carbons (Fsp3) is 0.923. The normalized spacial score (nSPS) is 38.2. The fourth-order valence-electron chi connectivity index (χ4n) is 3.00. The van der Waals surface area contributed by atoms with Crippen LogP contribution < -0.4 is 0 Å². The molecular formula is C13H23NO2S. The summed E-state index contributed by atoms with van der Waals surface area (Å²) in [6, 6.07) is 0.210. The van der Waals surface area contributed by atoms with Crippen LogP contribution in [-0.4, -0.2) is 45.6 Å². The van der Waals surface area contributed by atoms with Crippen molar-refractivity contribution in [1.29, 1.82) is 0 Å². The van der Waals surface area contributed by atoms with E-state index in [4.69, 9.17) is 0 Å². The average molecular weight is 257 g/mol. The Labute approximate surface area is 108 Å². The van der Waals surface area contributed by atoms with E-state index in [0.717, 1.165) is 31.6 Å². The number of carbonyl (C=O) groups excluding carboxylic acids is 1. The molecule has 17 heavy (non-hydrogen) atoms. The van der Waals surface area contributed by atoms with Crippen LogP contribution in [0.15, 0.2) is 0 Å². The van der Waals surface area contributed by atoms with Gasteiger partial charge in [-0.15, -0.1) is 11.8 Å². The molecule has 1 saturated carbocycles. The second-order valence-corrected chi connectivity index (χ2v) is 7.43. The molecule has 1 amide bonds. The highest BCUT2D eigenvalue weighted by molar-refractivity contribution is 8.00. The summed E-state index contributed by atoms with van der Waals surface area (Å²) in [5, 5.41) is 9.93. The second-order valence-electron chi connectivity index (χ2n) is 5.98. The predicted octanol–water partition coefficient (Wildman–Crippen LogP) is 1.89. The van der Waals surface area contributed by atoms with Crippen molar-refractivity contribution < 1.29 is 9.90 Å². The molecule has 0 radical (unpaired) electrons. The van der Waals surface area contributed by atoms with Gasteiger partial charge >= 0.3 is 0 Å². The van der Waals surface area contributed by atoms with E-state index in [1.807, 2.05) is 11.8 Å². The topological polar surface area (TPSA) is 40.5 Å². The number of hydrogen-bond acceptors (Lipinski definition) is 3. The highest BCUT2D eigenvalue weighted by Crippen LogP contribution is 2.40. The SMILES string of the molecule is CC1SCCN(C2CC(O)CCC2(C)C)C1=O. The van der Waals surface area contributed by atoms with Crippen LogP contribution in [0.25, 0.3) is 0 Å². The van der Waals surface area contributed by atoms with E-state index in [-0.39, 0.29) is 28.7 Å². The number of nitrogens with zero attached hydrogens (tertiary/aromatic N) is 1. The van der Waals surface area contributed by atoms with Crippen molar-refractivity contribution in [3.63, 3.8) is 0 Å². The Morgan fingerprint density at radius 3 is 2.88 bits per heavy atom. The minimum Gasteiger partial charge on any atom is -0.393 e. The van der Waals surface area contributed by atoms with Crippen LogP contribution in [0.4, 0.5) is 0 Å². The Balaban J connectivity index is 2.15. The molecule has 2 fully saturated rings. The molecule has 3 atom stereocenters. The summed E-state index contributed by atoms with van der Waals surface area (Å²) in [5.74, 6) is 1.28. The van der Waals surface area contributed by atoms with Gasteiger partial charge in [-0.25, -0.2) is 0 Å². The predicted molar refractivity (Wildman–Crippen MR) is 71.1 cm³/mol. The molecule has 0 aromatic heterocycles. The van der Waals surface area contributed by atoms with Gasteiger partial charge in [-0.3, -0.25) is 4.79 Å². The molecule has 0 spiro atoms. The first-order valence-electron chi connectivity index (χ1n) is 6.52. The summed E-state index contributed by atoms with van der Waals surface area (Å²) < 4.78 is 0. The minimum atomic E-state index is -0.231. The van der Waals surface area contributed by atoms with E-state index in [0.29, 0.717) is 0 Å². The van der Waals surface area contributed by atoms with Crippen LogP contribution >= 0.6 is 11.8 Å². The maximum absolute atomic E-state index is 12.2. The van der Waals surface area contributed by atoms with Crippen molar-refractivity contribution in [3.8, 4) is 0 Å². The Hall–Kier alpha value is -0.220. The zero-order valence-corrected chi connectivity index (χ0v) is 11.8. The summed E-state index contributed by atoms with van der Waals surface area (Å²) in [6.07, 6.45) is 2.39. The van der Waals surface area contributed by atoms with Crippen LogP contribution in [-0.2, 0) is 4.79 Å². The van der Waals surface area contributed by atoms with Gasteiger partial charge in [0, 0.05) is 18.3 Å². The molecule has 0 bridgehead atoms. The van der Waals surface area contributed by atoms with Crippen LogP contribution in [0, 0.1) is 5.41 Å². The van der Waals surface area contributed by atoms with Crippen molar-refractivity contribution in [1.82, 2.24) is 4.90 Å². The van der Waals surface area contributed by atoms with Crippen LogP contribution in [0.5, 0.6) is 0 Å². The first kappa shape index (κ1) is 13.2. The molecule has 1 aliphatic heterocycles. The summed E-state index contributed by atoms with van der Waals surface area (Å²) >= 11 is 1.74. The summed E-state index contributed by atoms with van der Waals surface area (Å²) in [5.41, 5.74) is 0.136. The Morgan fingerprint density at radius 2 is 2.18 bits per heavy atom. The number of carbonyl (C=O) groups is 1. The maximum atomic E-state index is 12.2. The van der Waals surface area contributed by atoms with E-state index in [1.54, 1.807) is 11.8 Å². The number of rotatable bonds is 1. The van der Waals surface area contributed by atoms with E-state index >= 15 is 0 Å². The first-order chi connectivity index (χ1) is 7.92. The van der Waals surface area contributed by atoms with Gasteiger partial charge in [-0.1, -0.05) is 13.8 Å². The Morgan fingerprint density at radius 1 is 1.47 bits per heavy atom. The molecule has 1 saturated heterocycles. The van der Waals surface area contributed by atoms with Gasteiger partial charge < -0.3 is 10.0 Å². The number of hydrogen-bond donors (Lipinski definition) is 1. The molecule has 4 heteroatoms. The zero-order valence-electron chi connectivity index (χ0n) is 11.0. The highest BCUT2D eigenvalue weighted by atomic mass is 32.2. The zero-order chi connectivity index (χ0) is 12.6. The molecule has 2 rings (SSSR count). The van der Waals surface area contributed by atoms with E-state index < -0.39 is 0 Å². The Bertz CT molecular complexity index is 306. The molecule has 0 aromatic carbocycles. The van der Waals surface area contributed by atoms with Crippen LogP contribution in [0.1, 0.15) is 40.0 Å². The highest BCUT2D eigenvalue weighted by Gasteiger charge is 2.42. The van der Waals surface area contributed by atoms with Crippen molar-refractivity contribution in [2.45, 2.75) is 57.4 Å². The molecule has 1 heterocycles. The lowest BCUT2D eigenvalue weighted by molar-refractivity contribution is -0.138. The number of aliphatic hydroxyl groups excluding tert-OH is 1. The van der Waals surface area contributed by atoms with Crippen molar-refractivity contribution >= 4 is 17.7 Å². The van der Waals surface area contributed by atoms with Crippen LogP contribution in [0.3, 0.4) is 0 Å². The third kappa shape index (κ3) is 2.63. The molecule has 2 aliphatic rings. The van der Waals surface area contributed by atoms with Crippen molar-refractivity contribution in [3.05, 3.63) is 0 Å². The molecule has 1 N–H and O–H groups in total. The standard InChI is InChI=1S/C13H23NO2S/c1-9-12(16)14(6-7-17-9)11-8-10(15)4-5-13(11,2)3/h9-11,15H,4-8H2,1-3H3. The lowest BCUT2D eigenvalue weighted by Crippen LogP contribution is -2.56. The minimum absolute atomic E-state index is 0.0821. The Kier molecular flexibility index (Phi) is 3.74. The van der Waals surface area contributed by atoms with Gasteiger partial charge in [0.25, 0.3) is 0 Å². The quantitative estimate of drug-likeness (QED) is 0.780. The lowest BCUT2D eigenvalue weighted by Gasteiger charge is -2.48. The number of thioether (sulfide) groups is 1. The van der Waals surface area contributed by atoms with E-state index in [2.05, 4.69) is 13.8 Å². The monoisotopic (exact) mass is 257 g/mol. The van der Waals surface area contributed by atoms with Crippen LogP contribution in [0.2, 0.25) is 0 Å². The molecular weight excluding hydrogens is 234 g/mol. The smallest absolute Gasteiger partial charge is 0.235 e. The lowest BCUT2D eigenvalue weighted by atomic mass is 9.71. The largest absolute Gasteiger partial charge is 0.393 e. The van der Waals surface area contributed by atoms with Gasteiger partial charge in [-0.05, 0) is 31.6 Å². The summed E-state index contributed by atoms with van der Waals surface area (Å²) in [4.78, 5) is 14.3. The average Bonchev–Trinajstić information content (AvgIpc) is 2.26. The second kappa shape index (κ2) is 4.81. The van der Waals surface area contributed by atoms with Gasteiger partial charge in [0.2, 0.25) is 5.91 Å². The number of aliphatic hydroxyl groups is 1.